The molecule has 9 atom stereocenters. The van der Waals surface area contributed by atoms with Crippen LogP contribution in [0.3, 0.4) is 0 Å². The van der Waals surface area contributed by atoms with E-state index < -0.39 is 0 Å². The first-order valence-corrected chi connectivity index (χ1v) is 18.2. The Morgan fingerprint density at radius 1 is 0.932 bits per heavy atom. The first-order chi connectivity index (χ1) is 20.7. The Kier molecular flexibility index (Phi) is 7.91. The van der Waals surface area contributed by atoms with E-state index in [-0.39, 0.29) is 39.1 Å². The van der Waals surface area contributed by atoms with Gasteiger partial charge in [0.2, 0.25) is 5.91 Å². The predicted molar refractivity (Wildman–Crippen MR) is 182 cm³/mol. The number of alkyl halides is 1. The van der Waals surface area contributed by atoms with Crippen LogP contribution in [0.15, 0.2) is 42.5 Å². The molecule has 1 N–H and O–H groups in total. The molecular formula is C39H54BrNO3. The molecule has 3 unspecified atom stereocenters. The van der Waals surface area contributed by atoms with Crippen molar-refractivity contribution in [2.45, 2.75) is 105 Å². The van der Waals surface area contributed by atoms with Gasteiger partial charge in [0, 0.05) is 5.54 Å². The summed E-state index contributed by atoms with van der Waals surface area (Å²) in [4.78, 5) is 24.9. The first kappa shape index (κ1) is 32.1. The summed E-state index contributed by atoms with van der Waals surface area (Å²) < 4.78 is 4.94. The summed E-state index contributed by atoms with van der Waals surface area (Å²) in [5, 5.41) is 3.98. The maximum absolute atomic E-state index is 12.9. The average molecular weight is 665 g/mol. The van der Waals surface area contributed by atoms with Crippen LogP contribution < -0.4 is 5.32 Å². The van der Waals surface area contributed by atoms with Crippen LogP contribution in [0.5, 0.6) is 0 Å². The predicted octanol–water partition coefficient (Wildman–Crippen LogP) is 9.39. The fraction of sp³-hybridized carbons (Fsp3) is 0.692. The number of ether oxygens (including phenoxy) is 1. The zero-order chi connectivity index (χ0) is 31.9. The van der Waals surface area contributed by atoms with Crippen molar-refractivity contribution in [2.24, 2.45) is 51.2 Å². The normalized spacial score (nSPS) is 42.1. The van der Waals surface area contributed by atoms with Gasteiger partial charge in [0.15, 0.2) is 0 Å². The summed E-state index contributed by atoms with van der Waals surface area (Å²) >= 11 is 3.44. The zero-order valence-electron chi connectivity index (χ0n) is 28.2. The van der Waals surface area contributed by atoms with E-state index in [4.69, 9.17) is 4.74 Å². The Morgan fingerprint density at radius 2 is 1.64 bits per heavy atom. The second-order valence-corrected chi connectivity index (χ2v) is 17.2. The Morgan fingerprint density at radius 3 is 2.27 bits per heavy atom. The molecule has 4 saturated carbocycles. The highest BCUT2D eigenvalue weighted by Crippen LogP contribution is 2.76. The Balaban J connectivity index is 1.34. The molecule has 0 aromatic heterocycles. The Labute approximate surface area is 274 Å². The molecule has 240 valence electrons. The van der Waals surface area contributed by atoms with Crippen molar-refractivity contribution < 1.29 is 14.3 Å². The quantitative estimate of drug-likeness (QED) is 0.194. The monoisotopic (exact) mass is 663 g/mol. The van der Waals surface area contributed by atoms with Gasteiger partial charge >= 0.3 is 5.97 Å². The smallest absolute Gasteiger partial charge is 0.337 e. The number of halogens is 1. The van der Waals surface area contributed by atoms with Gasteiger partial charge in [-0.2, -0.15) is 0 Å². The molecule has 5 aliphatic carbocycles. The molecule has 1 aromatic carbocycles. The molecule has 1 amide bonds. The van der Waals surface area contributed by atoms with Gasteiger partial charge in [0.25, 0.3) is 0 Å². The second kappa shape index (κ2) is 10.8. The third-order valence-corrected chi connectivity index (χ3v) is 15.3. The van der Waals surface area contributed by atoms with E-state index in [0.29, 0.717) is 40.5 Å². The fourth-order valence-corrected chi connectivity index (χ4v) is 12.8. The van der Waals surface area contributed by atoms with E-state index in [1.165, 1.54) is 55.9 Å². The third kappa shape index (κ3) is 4.40. The van der Waals surface area contributed by atoms with Crippen molar-refractivity contribution in [3.8, 4) is 0 Å². The second-order valence-electron chi connectivity index (χ2n) is 16.6. The number of esters is 1. The van der Waals surface area contributed by atoms with Crippen LogP contribution in [0, 0.1) is 51.2 Å². The van der Waals surface area contributed by atoms with Gasteiger partial charge in [-0.1, -0.05) is 80.9 Å². The number of nitrogens with one attached hydrogen (secondary N) is 1. The van der Waals surface area contributed by atoms with Gasteiger partial charge in [0.1, 0.15) is 0 Å². The largest absolute Gasteiger partial charge is 0.465 e. The van der Waals surface area contributed by atoms with E-state index in [1.54, 1.807) is 0 Å². The molecule has 0 aliphatic heterocycles. The molecule has 0 saturated heterocycles. The highest BCUT2D eigenvalue weighted by atomic mass is 79.9. The minimum absolute atomic E-state index is 0.0387. The van der Waals surface area contributed by atoms with E-state index >= 15 is 0 Å². The van der Waals surface area contributed by atoms with Crippen LogP contribution in [0.2, 0.25) is 0 Å². The lowest BCUT2D eigenvalue weighted by atomic mass is 9.33. The molecule has 5 aliphatic rings. The molecule has 4 fully saturated rings. The summed E-state index contributed by atoms with van der Waals surface area (Å²) in [6.07, 6.45) is 13.2. The molecule has 0 heterocycles. The van der Waals surface area contributed by atoms with Gasteiger partial charge in [-0.05, 0) is 139 Å². The number of fused-ring (bicyclic) bond motifs is 7. The number of carbonyl (C=O) groups is 2. The van der Waals surface area contributed by atoms with Crippen LogP contribution in [0.1, 0.15) is 115 Å². The number of hydrogen-bond donors (Lipinski definition) is 1. The fourth-order valence-electron chi connectivity index (χ4n) is 12.7. The van der Waals surface area contributed by atoms with Crippen LogP contribution in [0.4, 0.5) is 0 Å². The van der Waals surface area contributed by atoms with Gasteiger partial charge in [-0.15, -0.1) is 0 Å². The maximum Gasteiger partial charge on any atom is 0.337 e. The molecular weight excluding hydrogens is 610 g/mol. The van der Waals surface area contributed by atoms with Gasteiger partial charge in [0.05, 0.1) is 18.0 Å². The number of amides is 1. The summed E-state index contributed by atoms with van der Waals surface area (Å²) in [6, 6.07) is 8.06. The SMILES string of the molecule is C=C(C)[C@@H]1CC[C@]2(NC(=O)CBr)CC[C@]3(C)[C@H](CCC4[C@@]5(C)CC=C(c6ccc(C(=O)OC)cc6)C(C)(C)C5CC[C@]43C)C12. The van der Waals surface area contributed by atoms with Gasteiger partial charge in [-0.25, -0.2) is 4.79 Å². The summed E-state index contributed by atoms with van der Waals surface area (Å²) in [5.74, 6) is 2.70. The van der Waals surface area contributed by atoms with Crippen LogP contribution >= 0.6 is 15.9 Å². The van der Waals surface area contributed by atoms with Crippen molar-refractivity contribution in [1.82, 2.24) is 5.32 Å². The van der Waals surface area contributed by atoms with Crippen molar-refractivity contribution in [1.29, 1.82) is 0 Å². The van der Waals surface area contributed by atoms with Gasteiger partial charge in [-0.3, -0.25) is 4.79 Å². The summed E-state index contributed by atoms with van der Waals surface area (Å²) in [7, 11) is 1.44. The standard InChI is InChI=1S/C39H54BrNO3/c1-24(2)27-15-20-39(41-32(42)23-40)22-21-37(6)29(33(27)39)13-14-31-36(5)18-16-28(25-9-11-26(12-10-25)34(43)44-8)35(3,4)30(36)17-19-38(31,37)7/h9-12,16,27,29-31,33H,1,13-15,17-23H2,2-8H3,(H,41,42)/t27-,29+,30?,31?,33?,36-,37+,38+,39-/m0/s1. The van der Waals surface area contributed by atoms with Crippen molar-refractivity contribution in [3.05, 3.63) is 53.6 Å². The lowest BCUT2D eigenvalue weighted by molar-refractivity contribution is -0.219. The molecule has 44 heavy (non-hydrogen) atoms. The Hall–Kier alpha value is -1.88. The minimum atomic E-state index is -0.283. The summed E-state index contributed by atoms with van der Waals surface area (Å²) in [6.45, 7) is 19.7. The highest BCUT2D eigenvalue weighted by molar-refractivity contribution is 9.09. The molecule has 0 radical (unpaired) electrons. The topological polar surface area (TPSA) is 55.4 Å². The lowest BCUT2D eigenvalue weighted by Crippen LogP contribution is -2.68. The lowest BCUT2D eigenvalue weighted by Gasteiger charge is -2.72. The van der Waals surface area contributed by atoms with Crippen LogP contribution in [-0.2, 0) is 9.53 Å². The first-order valence-electron chi connectivity index (χ1n) is 17.1. The Bertz CT molecular complexity index is 1380. The van der Waals surface area contributed by atoms with E-state index in [2.05, 4.69) is 87.6 Å². The molecule has 0 bridgehead atoms. The number of benzene rings is 1. The van der Waals surface area contributed by atoms with E-state index in [0.717, 1.165) is 25.7 Å². The van der Waals surface area contributed by atoms with Crippen LogP contribution in [0.25, 0.3) is 5.57 Å². The molecule has 5 heteroatoms. The summed E-state index contributed by atoms with van der Waals surface area (Å²) in [5.41, 5.74) is 5.27. The number of methoxy groups -OCH3 is 1. The number of allylic oxidation sites excluding steroid dienone is 3. The number of hydrogen-bond acceptors (Lipinski definition) is 3. The van der Waals surface area contributed by atoms with Crippen molar-refractivity contribution >= 4 is 33.4 Å². The van der Waals surface area contributed by atoms with Gasteiger partial charge < -0.3 is 10.1 Å². The molecule has 6 rings (SSSR count). The molecule has 0 spiro atoms. The van der Waals surface area contributed by atoms with E-state index in [9.17, 15) is 9.59 Å². The highest BCUT2D eigenvalue weighted by Gasteiger charge is 2.70. The third-order valence-electron chi connectivity index (χ3n) is 14.8. The van der Waals surface area contributed by atoms with Crippen molar-refractivity contribution in [3.63, 3.8) is 0 Å². The maximum atomic E-state index is 12.9. The zero-order valence-corrected chi connectivity index (χ0v) is 29.7. The number of rotatable bonds is 5. The molecule has 4 nitrogen and oxygen atoms in total. The van der Waals surface area contributed by atoms with Crippen LogP contribution in [-0.4, -0.2) is 29.9 Å². The number of carbonyl (C=O) groups excluding carboxylic acids is 2. The van der Waals surface area contributed by atoms with Crippen molar-refractivity contribution in [2.75, 3.05) is 12.4 Å². The molecule has 1 aromatic rings. The minimum Gasteiger partial charge on any atom is -0.465 e. The average Bonchev–Trinajstić information content (AvgIpc) is 3.36. The van der Waals surface area contributed by atoms with E-state index in [1.807, 2.05) is 12.1 Å².